The largest absolute Gasteiger partial charge is 0.477 e. The van der Waals surface area contributed by atoms with E-state index in [1.54, 1.807) is 0 Å². The van der Waals surface area contributed by atoms with Crippen molar-refractivity contribution in [2.24, 2.45) is 0 Å². The maximum atomic E-state index is 11.2. The first-order valence-corrected chi connectivity index (χ1v) is 7.97. The van der Waals surface area contributed by atoms with E-state index in [1.165, 1.54) is 11.3 Å². The molecule has 0 fully saturated rings. The smallest absolute Gasteiger partial charge is 0.347 e. The first-order valence-electron chi connectivity index (χ1n) is 6.10. The summed E-state index contributed by atoms with van der Waals surface area (Å²) in [6, 6.07) is 0. The molecule has 0 aliphatic rings. The zero-order chi connectivity index (χ0) is 13.9. The Morgan fingerprint density at radius 2 is 2.11 bits per heavy atom. The average molecular weight is 287 g/mol. The predicted molar refractivity (Wildman–Crippen MR) is 78.8 cm³/mol. The number of carboxylic acids is 1. The van der Waals surface area contributed by atoms with E-state index in [-0.39, 0.29) is 5.41 Å². The minimum Gasteiger partial charge on any atom is -0.477 e. The highest BCUT2D eigenvalue weighted by Gasteiger charge is 2.26. The van der Waals surface area contributed by atoms with Gasteiger partial charge in [0.1, 0.15) is 9.88 Å². The number of hydrogen-bond acceptors (Lipinski definition) is 4. The van der Waals surface area contributed by atoms with Gasteiger partial charge in [0.2, 0.25) is 0 Å². The van der Waals surface area contributed by atoms with E-state index >= 15 is 0 Å². The summed E-state index contributed by atoms with van der Waals surface area (Å²) in [5.74, 6) is -0.0621. The summed E-state index contributed by atoms with van der Waals surface area (Å²) in [5.41, 5.74) is 0.489. The molecule has 1 unspecified atom stereocenters. The van der Waals surface area contributed by atoms with Gasteiger partial charge in [0.25, 0.3) is 0 Å². The molecule has 1 aromatic heterocycles. The van der Waals surface area contributed by atoms with Gasteiger partial charge >= 0.3 is 5.97 Å². The zero-order valence-electron chi connectivity index (χ0n) is 11.6. The van der Waals surface area contributed by atoms with Gasteiger partial charge in [0.05, 0.1) is 5.69 Å². The Labute approximate surface area is 117 Å². The first kappa shape index (κ1) is 15.5. The summed E-state index contributed by atoms with van der Waals surface area (Å²) in [7, 11) is 0. The van der Waals surface area contributed by atoms with Gasteiger partial charge in [-0.15, -0.1) is 11.3 Å². The number of aromatic carboxylic acids is 1. The number of rotatable bonds is 5. The maximum absolute atomic E-state index is 11.2. The molecule has 1 atom stereocenters. The lowest BCUT2D eigenvalue weighted by Crippen LogP contribution is -2.16. The van der Waals surface area contributed by atoms with Crippen molar-refractivity contribution in [2.45, 2.75) is 57.5 Å². The van der Waals surface area contributed by atoms with Crippen LogP contribution in [-0.2, 0) is 11.2 Å². The van der Waals surface area contributed by atoms with Crippen molar-refractivity contribution in [3.8, 4) is 0 Å². The predicted octanol–water partition coefficient (Wildman–Crippen LogP) is 4.17. The molecule has 102 valence electrons. The lowest BCUT2D eigenvalue weighted by molar-refractivity contribution is 0.0699. The van der Waals surface area contributed by atoms with Crippen LogP contribution < -0.4 is 0 Å². The molecule has 0 aromatic carbocycles. The van der Waals surface area contributed by atoms with E-state index < -0.39 is 5.97 Å². The van der Waals surface area contributed by atoms with Gasteiger partial charge < -0.3 is 5.11 Å². The SMILES string of the molecule is CCC(C)SCc1nc(C(C)(C)C)c(C(=O)O)s1. The quantitative estimate of drug-likeness (QED) is 0.883. The molecule has 3 nitrogen and oxygen atoms in total. The van der Waals surface area contributed by atoms with Gasteiger partial charge in [-0.25, -0.2) is 9.78 Å². The second kappa shape index (κ2) is 6.06. The van der Waals surface area contributed by atoms with E-state index in [2.05, 4.69) is 18.8 Å². The van der Waals surface area contributed by atoms with Gasteiger partial charge in [-0.2, -0.15) is 11.8 Å². The second-order valence-electron chi connectivity index (χ2n) is 5.37. The number of thioether (sulfide) groups is 1. The zero-order valence-corrected chi connectivity index (χ0v) is 13.2. The van der Waals surface area contributed by atoms with Crippen molar-refractivity contribution >= 4 is 29.1 Å². The summed E-state index contributed by atoms with van der Waals surface area (Å²) in [6.45, 7) is 10.3. The normalized spacial score (nSPS) is 13.6. The van der Waals surface area contributed by atoms with Crippen LogP contribution in [0.3, 0.4) is 0 Å². The van der Waals surface area contributed by atoms with E-state index in [1.807, 2.05) is 32.5 Å². The fraction of sp³-hybridized carbons (Fsp3) is 0.692. The van der Waals surface area contributed by atoms with Crippen LogP contribution in [0, 0.1) is 0 Å². The topological polar surface area (TPSA) is 50.2 Å². The number of thiazole rings is 1. The number of carbonyl (C=O) groups is 1. The van der Waals surface area contributed by atoms with Crippen LogP contribution in [0.4, 0.5) is 0 Å². The molecule has 18 heavy (non-hydrogen) atoms. The molecule has 0 saturated heterocycles. The van der Waals surface area contributed by atoms with Crippen molar-refractivity contribution in [1.29, 1.82) is 0 Å². The molecule has 0 aliphatic carbocycles. The van der Waals surface area contributed by atoms with Gasteiger partial charge in [-0.1, -0.05) is 34.6 Å². The first-order chi connectivity index (χ1) is 8.25. The minimum absolute atomic E-state index is 0.219. The van der Waals surface area contributed by atoms with Crippen molar-refractivity contribution in [3.05, 3.63) is 15.6 Å². The number of hydrogen-bond donors (Lipinski definition) is 1. The van der Waals surface area contributed by atoms with Crippen LogP contribution in [0.2, 0.25) is 0 Å². The Balaban J connectivity index is 2.93. The molecule has 0 aliphatic heterocycles. The summed E-state index contributed by atoms with van der Waals surface area (Å²) >= 11 is 3.14. The van der Waals surface area contributed by atoms with Crippen LogP contribution in [-0.4, -0.2) is 21.3 Å². The van der Waals surface area contributed by atoms with Crippen molar-refractivity contribution in [2.75, 3.05) is 0 Å². The molecular formula is C13H21NO2S2. The van der Waals surface area contributed by atoms with Gasteiger partial charge in [-0.05, 0) is 6.42 Å². The second-order valence-corrected chi connectivity index (χ2v) is 7.88. The molecule has 0 amide bonds. The van der Waals surface area contributed by atoms with Crippen LogP contribution in [0.15, 0.2) is 0 Å². The number of carboxylic acid groups (broad SMARTS) is 1. The third-order valence-electron chi connectivity index (χ3n) is 2.64. The fourth-order valence-electron chi connectivity index (χ4n) is 1.41. The molecule has 1 heterocycles. The van der Waals surface area contributed by atoms with Crippen LogP contribution in [0.25, 0.3) is 0 Å². The average Bonchev–Trinajstić information content (AvgIpc) is 2.69. The summed E-state index contributed by atoms with van der Waals surface area (Å²) < 4.78 is 0. The summed E-state index contributed by atoms with van der Waals surface area (Å²) in [6.07, 6.45) is 1.12. The lowest BCUT2D eigenvalue weighted by atomic mass is 9.91. The van der Waals surface area contributed by atoms with Gasteiger partial charge in [0, 0.05) is 16.4 Å². The highest BCUT2D eigenvalue weighted by Crippen LogP contribution is 2.32. The van der Waals surface area contributed by atoms with Crippen LogP contribution in [0.5, 0.6) is 0 Å². The van der Waals surface area contributed by atoms with E-state index in [0.717, 1.165) is 17.2 Å². The molecule has 5 heteroatoms. The maximum Gasteiger partial charge on any atom is 0.347 e. The van der Waals surface area contributed by atoms with Crippen molar-refractivity contribution < 1.29 is 9.90 Å². The van der Waals surface area contributed by atoms with Crippen LogP contribution >= 0.6 is 23.1 Å². The van der Waals surface area contributed by atoms with Crippen molar-refractivity contribution in [1.82, 2.24) is 4.98 Å². The van der Waals surface area contributed by atoms with Gasteiger partial charge in [-0.3, -0.25) is 0 Å². The van der Waals surface area contributed by atoms with Crippen molar-refractivity contribution in [3.63, 3.8) is 0 Å². The third kappa shape index (κ3) is 3.99. The summed E-state index contributed by atoms with van der Waals surface area (Å²) in [5, 5.41) is 10.7. The highest BCUT2D eigenvalue weighted by atomic mass is 32.2. The van der Waals surface area contributed by atoms with E-state index in [4.69, 9.17) is 0 Å². The third-order valence-corrected chi connectivity index (χ3v) is 5.21. The monoisotopic (exact) mass is 287 g/mol. The molecule has 1 aromatic rings. The standard InChI is InChI=1S/C13H21NO2S2/c1-6-8(2)17-7-9-14-11(13(3,4)5)10(18-9)12(15)16/h8H,6-7H2,1-5H3,(H,15,16). The Hall–Kier alpha value is -0.550. The van der Waals surface area contributed by atoms with E-state index in [9.17, 15) is 9.90 Å². The van der Waals surface area contributed by atoms with Gasteiger partial charge in [0.15, 0.2) is 0 Å². The molecule has 1 rings (SSSR count). The number of nitrogens with zero attached hydrogens (tertiary/aromatic N) is 1. The van der Waals surface area contributed by atoms with Crippen LogP contribution in [0.1, 0.15) is 61.4 Å². The summed E-state index contributed by atoms with van der Waals surface area (Å²) in [4.78, 5) is 16.2. The molecule has 1 N–H and O–H groups in total. The lowest BCUT2D eigenvalue weighted by Gasteiger charge is -2.16. The molecule has 0 radical (unpaired) electrons. The Bertz CT molecular complexity index is 421. The highest BCUT2D eigenvalue weighted by molar-refractivity contribution is 7.99. The fourth-order valence-corrected chi connectivity index (χ4v) is 3.49. The molecule has 0 saturated carbocycles. The molecular weight excluding hydrogens is 266 g/mol. The Morgan fingerprint density at radius 3 is 2.50 bits per heavy atom. The minimum atomic E-state index is -0.864. The molecule has 0 bridgehead atoms. The number of aromatic nitrogens is 1. The molecule has 0 spiro atoms. The van der Waals surface area contributed by atoms with E-state index in [0.29, 0.717) is 15.8 Å². The Kier molecular flexibility index (Phi) is 5.22. The Morgan fingerprint density at radius 1 is 1.50 bits per heavy atom.